The van der Waals surface area contributed by atoms with Gasteiger partial charge < -0.3 is 15.1 Å². The van der Waals surface area contributed by atoms with Gasteiger partial charge in [-0.05, 0) is 24.1 Å². The summed E-state index contributed by atoms with van der Waals surface area (Å²) >= 11 is 0. The van der Waals surface area contributed by atoms with Crippen LogP contribution in [0.4, 0.5) is 10.1 Å². The molecule has 94 valence electrons. The highest BCUT2D eigenvalue weighted by Crippen LogP contribution is 2.28. The number of carboxylic acid groups (broad SMARTS) is 1. The van der Waals surface area contributed by atoms with Crippen molar-refractivity contribution >= 4 is 17.6 Å². The lowest BCUT2D eigenvalue weighted by molar-refractivity contribution is -0.135. The number of aliphatic hydroxyl groups excluding tert-OH is 1. The van der Waals surface area contributed by atoms with Gasteiger partial charge in [-0.15, -0.1) is 0 Å². The molecule has 0 unspecified atom stereocenters. The van der Waals surface area contributed by atoms with Crippen LogP contribution in [-0.4, -0.2) is 28.6 Å². The first-order chi connectivity index (χ1) is 8.49. The van der Waals surface area contributed by atoms with Crippen molar-refractivity contribution in [3.63, 3.8) is 0 Å². The van der Waals surface area contributed by atoms with Crippen molar-refractivity contribution in [1.82, 2.24) is 0 Å². The Bertz CT molecular complexity index is 553. The third-order valence-corrected chi connectivity index (χ3v) is 2.69. The Labute approximate surface area is 102 Å². The quantitative estimate of drug-likeness (QED) is 0.612. The number of carbonyl (C=O) groups is 2. The molecule has 1 aliphatic rings. The number of aliphatic carboxylic acids is 1. The number of fused-ring (bicyclic) bond motifs is 1. The van der Waals surface area contributed by atoms with Crippen molar-refractivity contribution < 1.29 is 24.2 Å². The molecule has 0 aromatic heterocycles. The van der Waals surface area contributed by atoms with E-state index in [1.165, 1.54) is 17.0 Å². The van der Waals surface area contributed by atoms with Crippen molar-refractivity contribution in [3.8, 4) is 0 Å². The zero-order valence-electron chi connectivity index (χ0n) is 9.26. The molecule has 0 bridgehead atoms. The van der Waals surface area contributed by atoms with E-state index >= 15 is 0 Å². The molecule has 2 rings (SSSR count). The molecule has 1 heterocycles. The summed E-state index contributed by atoms with van der Waals surface area (Å²) < 4.78 is 13.1. The maximum Gasteiger partial charge on any atom is 0.371 e. The molecule has 1 aromatic carbocycles. The van der Waals surface area contributed by atoms with E-state index in [-0.39, 0.29) is 0 Å². The second-order valence-corrected chi connectivity index (χ2v) is 3.85. The van der Waals surface area contributed by atoms with E-state index in [1.807, 2.05) is 0 Å². The summed E-state index contributed by atoms with van der Waals surface area (Å²) in [6, 6.07) is 4.10. The Morgan fingerprint density at radius 2 is 2.06 bits per heavy atom. The Kier molecular flexibility index (Phi) is 3.01. The van der Waals surface area contributed by atoms with Gasteiger partial charge in [0.05, 0.1) is 11.8 Å². The molecule has 1 aliphatic heterocycles. The van der Waals surface area contributed by atoms with Gasteiger partial charge in [0, 0.05) is 6.54 Å². The predicted octanol–water partition coefficient (Wildman–Crippen LogP) is 1.24. The molecule has 0 fully saturated rings. The average Bonchev–Trinajstić information content (AvgIpc) is 2.71. The molecule has 5 nitrogen and oxygen atoms in total. The first kappa shape index (κ1) is 12.1. The molecule has 6 heteroatoms. The van der Waals surface area contributed by atoms with Crippen LogP contribution < -0.4 is 4.90 Å². The summed E-state index contributed by atoms with van der Waals surface area (Å²) in [5, 5.41) is 17.5. The Morgan fingerprint density at radius 3 is 2.72 bits per heavy atom. The van der Waals surface area contributed by atoms with Crippen molar-refractivity contribution in [2.24, 2.45) is 0 Å². The van der Waals surface area contributed by atoms with Gasteiger partial charge in [-0.1, -0.05) is 6.07 Å². The minimum Gasteiger partial charge on any atom is -0.502 e. The van der Waals surface area contributed by atoms with Crippen molar-refractivity contribution in [1.29, 1.82) is 0 Å². The van der Waals surface area contributed by atoms with Crippen LogP contribution in [0.5, 0.6) is 0 Å². The number of hydrogen-bond acceptors (Lipinski definition) is 3. The van der Waals surface area contributed by atoms with Crippen molar-refractivity contribution in [3.05, 3.63) is 41.4 Å². The first-order valence-electron chi connectivity index (χ1n) is 5.23. The van der Waals surface area contributed by atoms with E-state index in [2.05, 4.69) is 0 Å². The monoisotopic (exact) mass is 251 g/mol. The fourth-order valence-electron chi connectivity index (χ4n) is 1.84. The van der Waals surface area contributed by atoms with Gasteiger partial charge in [-0.25, -0.2) is 9.18 Å². The maximum absolute atomic E-state index is 13.1. The van der Waals surface area contributed by atoms with E-state index in [4.69, 9.17) is 10.2 Å². The summed E-state index contributed by atoms with van der Waals surface area (Å²) in [5.41, 5.74) is 1.22. The zero-order chi connectivity index (χ0) is 13.3. The molecule has 1 aromatic rings. The van der Waals surface area contributed by atoms with E-state index < -0.39 is 23.5 Å². The van der Waals surface area contributed by atoms with Gasteiger partial charge >= 0.3 is 5.97 Å². The summed E-state index contributed by atoms with van der Waals surface area (Å²) in [7, 11) is 0. The lowest BCUT2D eigenvalue weighted by Gasteiger charge is -2.15. The van der Waals surface area contributed by atoms with E-state index in [0.29, 0.717) is 24.7 Å². The second-order valence-electron chi connectivity index (χ2n) is 3.85. The van der Waals surface area contributed by atoms with Crippen LogP contribution in [0.15, 0.2) is 30.0 Å². The minimum atomic E-state index is -1.58. The molecular formula is C12H10FNO4. The van der Waals surface area contributed by atoms with Gasteiger partial charge in [0.1, 0.15) is 5.82 Å². The number of nitrogens with zero attached hydrogens (tertiary/aromatic N) is 1. The lowest BCUT2D eigenvalue weighted by atomic mass is 10.2. The highest BCUT2D eigenvalue weighted by molar-refractivity contribution is 6.06. The normalized spacial score (nSPS) is 14.5. The summed E-state index contributed by atoms with van der Waals surface area (Å²) in [4.78, 5) is 23.4. The average molecular weight is 251 g/mol. The van der Waals surface area contributed by atoms with Crippen molar-refractivity contribution in [2.75, 3.05) is 11.4 Å². The number of halogens is 1. The minimum absolute atomic E-state index is 0.334. The number of hydrogen-bond donors (Lipinski definition) is 2. The molecular weight excluding hydrogens is 241 g/mol. The topological polar surface area (TPSA) is 77.8 Å². The van der Waals surface area contributed by atoms with Gasteiger partial charge in [0.25, 0.3) is 5.91 Å². The second kappa shape index (κ2) is 4.48. The molecule has 18 heavy (non-hydrogen) atoms. The number of carboxylic acids is 1. The predicted molar refractivity (Wildman–Crippen MR) is 60.8 cm³/mol. The maximum atomic E-state index is 13.1. The largest absolute Gasteiger partial charge is 0.502 e. The fourth-order valence-corrected chi connectivity index (χ4v) is 1.84. The number of anilines is 1. The van der Waals surface area contributed by atoms with Gasteiger partial charge in [0.15, 0.2) is 0 Å². The third-order valence-electron chi connectivity index (χ3n) is 2.69. The first-order valence-corrected chi connectivity index (χ1v) is 5.23. The van der Waals surface area contributed by atoms with E-state index in [0.717, 1.165) is 5.56 Å². The Balaban J connectivity index is 2.29. The Morgan fingerprint density at radius 1 is 1.33 bits per heavy atom. The molecule has 0 saturated heterocycles. The summed E-state index contributed by atoms with van der Waals surface area (Å²) in [6.07, 6.45) is 1.19. The van der Waals surface area contributed by atoms with Crippen molar-refractivity contribution in [2.45, 2.75) is 6.42 Å². The van der Waals surface area contributed by atoms with E-state index in [9.17, 15) is 14.0 Å². The summed E-state index contributed by atoms with van der Waals surface area (Å²) in [6.45, 7) is 0.334. The number of aliphatic hydroxyl groups is 1. The zero-order valence-corrected chi connectivity index (χ0v) is 9.26. The molecule has 0 aliphatic carbocycles. The SMILES string of the molecule is O=C(O)/C(O)=C/C(=O)N1CCc2ccc(F)cc21. The van der Waals surface area contributed by atoms with Gasteiger partial charge in [0.2, 0.25) is 5.76 Å². The standard InChI is InChI=1S/C12H10FNO4/c13-8-2-1-7-3-4-14(9(7)5-8)11(16)6-10(15)12(17)18/h1-2,5-6,15H,3-4H2,(H,17,18)/b10-6-. The summed E-state index contributed by atoms with van der Waals surface area (Å²) in [5.74, 6) is -3.77. The van der Waals surface area contributed by atoms with Gasteiger partial charge in [-0.2, -0.15) is 0 Å². The molecule has 0 atom stereocenters. The number of amides is 1. The highest BCUT2D eigenvalue weighted by Gasteiger charge is 2.24. The molecule has 2 N–H and O–H groups in total. The van der Waals surface area contributed by atoms with Crippen LogP contribution in [0, 0.1) is 5.82 Å². The molecule has 0 spiro atoms. The number of carbonyl (C=O) groups excluding carboxylic acids is 1. The van der Waals surface area contributed by atoms with Gasteiger partial charge in [-0.3, -0.25) is 4.79 Å². The smallest absolute Gasteiger partial charge is 0.371 e. The molecule has 0 saturated carbocycles. The van der Waals surface area contributed by atoms with Crippen LogP contribution in [-0.2, 0) is 16.0 Å². The fraction of sp³-hybridized carbons (Fsp3) is 0.167. The highest BCUT2D eigenvalue weighted by atomic mass is 19.1. The number of benzene rings is 1. The van der Waals surface area contributed by atoms with Crippen LogP contribution >= 0.6 is 0 Å². The van der Waals surface area contributed by atoms with E-state index in [1.54, 1.807) is 6.07 Å². The lowest BCUT2D eigenvalue weighted by Crippen LogP contribution is -2.27. The van der Waals surface area contributed by atoms with Crippen LogP contribution in [0.25, 0.3) is 0 Å². The number of rotatable bonds is 2. The molecule has 0 radical (unpaired) electrons. The molecule has 1 amide bonds. The van der Waals surface area contributed by atoms with Crippen LogP contribution in [0.3, 0.4) is 0 Å². The van der Waals surface area contributed by atoms with Crippen LogP contribution in [0.1, 0.15) is 5.56 Å². The Hall–Kier alpha value is -2.37. The van der Waals surface area contributed by atoms with Crippen LogP contribution in [0.2, 0.25) is 0 Å². The third kappa shape index (κ3) is 2.17.